The van der Waals surface area contributed by atoms with Crippen LogP contribution in [0.1, 0.15) is 54.0 Å². The summed E-state index contributed by atoms with van der Waals surface area (Å²) in [7, 11) is 0. The van der Waals surface area contributed by atoms with Crippen molar-refractivity contribution >= 4 is 27.7 Å². The fourth-order valence-electron chi connectivity index (χ4n) is 5.57. The minimum absolute atomic E-state index is 0.0623. The first kappa shape index (κ1) is 29.6. The van der Waals surface area contributed by atoms with Gasteiger partial charge >= 0.3 is 0 Å². The van der Waals surface area contributed by atoms with E-state index in [1.165, 1.54) is 0 Å². The Bertz CT molecular complexity index is 1450. The van der Waals surface area contributed by atoms with E-state index in [0.717, 1.165) is 46.0 Å². The molecule has 42 heavy (non-hydrogen) atoms. The lowest BCUT2D eigenvalue weighted by atomic mass is 9.80. The van der Waals surface area contributed by atoms with Crippen LogP contribution in [0.25, 0.3) is 10.4 Å². The summed E-state index contributed by atoms with van der Waals surface area (Å²) in [5.41, 5.74) is 11.0. The van der Waals surface area contributed by atoms with Crippen LogP contribution in [0.15, 0.2) is 87.4 Å². The first-order valence-corrected chi connectivity index (χ1v) is 15.1. The molecule has 3 aromatic carbocycles. The molecule has 2 atom stereocenters. The third-order valence-electron chi connectivity index (χ3n) is 7.68. The van der Waals surface area contributed by atoms with Crippen molar-refractivity contribution in [1.82, 2.24) is 4.90 Å². The SMILES string of the molecule is [N-]=[N+]=NCc1ccccc1[C@H]1OC(c2ccc(OCCCO)cc2)=N[C@@]1(Cc1ccc(Br)cc1)C(=O)N1CCCCC1. The molecule has 2 aliphatic rings. The molecule has 9 nitrogen and oxygen atoms in total. The second-order valence-electron chi connectivity index (χ2n) is 10.5. The number of nitrogens with zero attached hydrogens (tertiary/aromatic N) is 5. The predicted octanol–water partition coefficient (Wildman–Crippen LogP) is 6.53. The highest BCUT2D eigenvalue weighted by Gasteiger charge is 2.55. The average molecular weight is 633 g/mol. The summed E-state index contributed by atoms with van der Waals surface area (Å²) in [4.78, 5) is 24.8. The number of aliphatic hydroxyl groups is 1. The highest BCUT2D eigenvalue weighted by atomic mass is 79.9. The zero-order valence-corrected chi connectivity index (χ0v) is 24.9. The number of halogens is 1. The van der Waals surface area contributed by atoms with Gasteiger partial charge in [-0.25, -0.2) is 4.99 Å². The van der Waals surface area contributed by atoms with Crippen LogP contribution in [0, 0.1) is 0 Å². The molecule has 3 aromatic rings. The van der Waals surface area contributed by atoms with Crippen LogP contribution in [0.5, 0.6) is 5.75 Å². The molecule has 0 unspecified atom stereocenters. The second kappa shape index (κ2) is 13.9. The lowest BCUT2D eigenvalue weighted by molar-refractivity contribution is -0.140. The summed E-state index contributed by atoms with van der Waals surface area (Å²) in [6, 6.07) is 23.0. The minimum atomic E-state index is -1.27. The Morgan fingerprint density at radius 1 is 1.10 bits per heavy atom. The number of ether oxygens (including phenoxy) is 2. The smallest absolute Gasteiger partial charge is 0.255 e. The molecule has 0 aliphatic carbocycles. The Kier molecular flexibility index (Phi) is 9.79. The Labute approximate surface area is 253 Å². The Morgan fingerprint density at radius 2 is 1.83 bits per heavy atom. The summed E-state index contributed by atoms with van der Waals surface area (Å²) >= 11 is 3.52. The van der Waals surface area contributed by atoms with Gasteiger partial charge in [-0.15, -0.1) is 0 Å². The molecule has 1 saturated heterocycles. The lowest BCUT2D eigenvalue weighted by Crippen LogP contribution is -2.53. The van der Waals surface area contributed by atoms with Gasteiger partial charge in [-0.2, -0.15) is 0 Å². The van der Waals surface area contributed by atoms with E-state index in [-0.39, 0.29) is 19.1 Å². The molecule has 1 N–H and O–H groups in total. The van der Waals surface area contributed by atoms with Gasteiger partial charge in [0.25, 0.3) is 5.91 Å². The maximum atomic E-state index is 14.7. The Morgan fingerprint density at radius 3 is 2.55 bits per heavy atom. The van der Waals surface area contributed by atoms with Crippen LogP contribution in [0.3, 0.4) is 0 Å². The molecule has 0 spiro atoms. The molecule has 218 valence electrons. The molecule has 5 rings (SSSR count). The van der Waals surface area contributed by atoms with Crippen LogP contribution in [-0.2, 0) is 22.5 Å². The quantitative estimate of drug-likeness (QED) is 0.112. The molecule has 0 aromatic heterocycles. The van der Waals surface area contributed by atoms with Crippen LogP contribution in [0.2, 0.25) is 0 Å². The number of benzene rings is 3. The molecule has 0 saturated carbocycles. The number of likely N-dealkylation sites (tertiary alicyclic amines) is 1. The van der Waals surface area contributed by atoms with Gasteiger partial charge in [-0.3, -0.25) is 4.79 Å². The van der Waals surface area contributed by atoms with Gasteiger partial charge in [0.1, 0.15) is 5.75 Å². The summed E-state index contributed by atoms with van der Waals surface area (Å²) in [6.07, 6.45) is 3.14. The van der Waals surface area contributed by atoms with Crippen molar-refractivity contribution in [2.45, 2.75) is 50.3 Å². The van der Waals surface area contributed by atoms with Crippen molar-refractivity contribution in [2.75, 3.05) is 26.3 Å². The summed E-state index contributed by atoms with van der Waals surface area (Å²) in [5.74, 6) is 0.989. The van der Waals surface area contributed by atoms with E-state index in [1.54, 1.807) is 0 Å². The van der Waals surface area contributed by atoms with E-state index in [1.807, 2.05) is 77.7 Å². The minimum Gasteiger partial charge on any atom is -0.494 e. The van der Waals surface area contributed by atoms with Crippen molar-refractivity contribution in [3.8, 4) is 5.75 Å². The molecule has 10 heteroatoms. The maximum Gasteiger partial charge on any atom is 0.255 e. The second-order valence-corrected chi connectivity index (χ2v) is 11.4. The summed E-state index contributed by atoms with van der Waals surface area (Å²) < 4.78 is 13.4. The number of aliphatic imine (C=N–C) groups is 1. The van der Waals surface area contributed by atoms with E-state index in [9.17, 15) is 4.79 Å². The monoisotopic (exact) mass is 631 g/mol. The van der Waals surface area contributed by atoms with Gasteiger partial charge in [0.05, 0.1) is 13.2 Å². The Hall–Kier alpha value is -3.85. The lowest BCUT2D eigenvalue weighted by Gasteiger charge is -2.37. The molecule has 2 aliphatic heterocycles. The molecule has 2 heterocycles. The molecule has 1 amide bonds. The molecular weight excluding hydrogens is 598 g/mol. The van der Waals surface area contributed by atoms with Crippen LogP contribution >= 0.6 is 15.9 Å². The normalized spacial score (nSPS) is 19.9. The third kappa shape index (κ3) is 6.62. The third-order valence-corrected chi connectivity index (χ3v) is 8.21. The number of hydrogen-bond acceptors (Lipinski definition) is 6. The number of amides is 1. The van der Waals surface area contributed by atoms with Crippen LogP contribution in [0.4, 0.5) is 0 Å². The zero-order valence-electron chi connectivity index (χ0n) is 23.4. The average Bonchev–Trinajstić information content (AvgIpc) is 3.41. The zero-order chi connectivity index (χ0) is 29.4. The molecular formula is C32H34BrN5O4. The van der Waals surface area contributed by atoms with Gasteiger partial charge in [-0.05, 0) is 77.9 Å². The van der Waals surface area contributed by atoms with E-state index in [4.69, 9.17) is 25.1 Å². The maximum absolute atomic E-state index is 14.7. The molecule has 0 radical (unpaired) electrons. The predicted molar refractivity (Wildman–Crippen MR) is 164 cm³/mol. The van der Waals surface area contributed by atoms with Crippen molar-refractivity contribution in [2.24, 2.45) is 10.1 Å². The highest BCUT2D eigenvalue weighted by molar-refractivity contribution is 9.10. The standard InChI is InChI=1S/C32H34BrN5O4/c33-26-13-9-23(10-14-26)21-32(31(40)38-17-4-1-5-18-38)29(28-8-3-2-7-25(28)22-35-37-34)42-30(36-32)24-11-15-27(16-12-24)41-20-6-19-39/h2-3,7-16,29,39H,1,4-6,17-22H2/t29-,32-/m1/s1. The van der Waals surface area contributed by atoms with Gasteiger partial charge in [0.2, 0.25) is 5.90 Å². The number of aliphatic hydroxyl groups excluding tert-OH is 1. The summed E-state index contributed by atoms with van der Waals surface area (Å²) in [6.45, 7) is 1.97. The van der Waals surface area contributed by atoms with Gasteiger partial charge in [-0.1, -0.05) is 57.4 Å². The van der Waals surface area contributed by atoms with Crippen molar-refractivity contribution in [3.05, 3.63) is 110 Å². The van der Waals surface area contributed by atoms with E-state index < -0.39 is 11.6 Å². The van der Waals surface area contributed by atoms with E-state index in [0.29, 0.717) is 44.2 Å². The Balaban J connectivity index is 1.62. The van der Waals surface area contributed by atoms with Crippen LogP contribution in [-0.4, -0.2) is 53.7 Å². The van der Waals surface area contributed by atoms with Gasteiger partial charge < -0.3 is 19.5 Å². The largest absolute Gasteiger partial charge is 0.494 e. The van der Waals surface area contributed by atoms with Crippen molar-refractivity contribution in [1.29, 1.82) is 0 Å². The number of carbonyl (C=O) groups is 1. The van der Waals surface area contributed by atoms with Crippen LogP contribution < -0.4 is 4.74 Å². The van der Waals surface area contributed by atoms with E-state index in [2.05, 4.69) is 26.0 Å². The highest BCUT2D eigenvalue weighted by Crippen LogP contribution is 2.45. The fraction of sp³-hybridized carbons (Fsp3) is 0.375. The number of carbonyl (C=O) groups excluding carboxylic acids is 1. The fourth-order valence-corrected chi connectivity index (χ4v) is 5.84. The topological polar surface area (TPSA) is 120 Å². The van der Waals surface area contributed by atoms with E-state index >= 15 is 0 Å². The number of azide groups is 1. The first-order chi connectivity index (χ1) is 20.5. The van der Waals surface area contributed by atoms with Crippen molar-refractivity contribution in [3.63, 3.8) is 0 Å². The van der Waals surface area contributed by atoms with Gasteiger partial charge in [0.15, 0.2) is 11.6 Å². The number of piperidine rings is 1. The molecule has 0 bridgehead atoms. The summed E-state index contributed by atoms with van der Waals surface area (Å²) in [5, 5.41) is 12.9. The first-order valence-electron chi connectivity index (χ1n) is 14.3. The number of hydrogen-bond donors (Lipinski definition) is 1. The molecule has 1 fully saturated rings. The van der Waals surface area contributed by atoms with Crippen molar-refractivity contribution < 1.29 is 19.4 Å². The number of rotatable bonds is 11. The van der Waals surface area contributed by atoms with Gasteiger partial charge in [0, 0.05) is 47.5 Å².